The number of carbonyl (C=O) groups is 1. The number of rotatable bonds is 5. The fourth-order valence-corrected chi connectivity index (χ4v) is 5.05. The molecule has 27 heavy (non-hydrogen) atoms. The Labute approximate surface area is 172 Å². The highest BCUT2D eigenvalue weighted by Gasteiger charge is 2.14. The van der Waals surface area contributed by atoms with E-state index in [4.69, 9.17) is 0 Å². The fourth-order valence-electron chi connectivity index (χ4n) is 3.10. The van der Waals surface area contributed by atoms with Crippen LogP contribution in [-0.4, -0.2) is 21.6 Å². The molecule has 0 saturated carbocycles. The molecule has 2 aromatic heterocycles. The molecule has 1 aromatic carbocycles. The molecule has 0 radical (unpaired) electrons. The predicted molar refractivity (Wildman–Crippen MR) is 114 cm³/mol. The smallest absolute Gasteiger partial charge is 0.230 e. The van der Waals surface area contributed by atoms with Crippen molar-refractivity contribution in [1.82, 2.24) is 20.6 Å². The van der Waals surface area contributed by atoms with Crippen LogP contribution in [0.2, 0.25) is 0 Å². The lowest BCUT2D eigenvalue weighted by Gasteiger charge is -2.07. The number of hydrogen-bond acceptors (Lipinski definition) is 6. The van der Waals surface area contributed by atoms with Gasteiger partial charge in [0, 0.05) is 29.9 Å². The second-order valence-corrected chi connectivity index (χ2v) is 8.58. The van der Waals surface area contributed by atoms with Gasteiger partial charge in [-0.05, 0) is 36.1 Å². The van der Waals surface area contributed by atoms with Crippen molar-refractivity contribution in [2.24, 2.45) is 0 Å². The molecule has 0 fully saturated rings. The van der Waals surface area contributed by atoms with E-state index >= 15 is 0 Å². The number of amides is 1. The lowest BCUT2D eigenvalue weighted by molar-refractivity contribution is -0.118. The van der Waals surface area contributed by atoms with Crippen LogP contribution in [0, 0.1) is 13.8 Å². The molecule has 1 aliphatic rings. The average Bonchev–Trinajstić information content (AvgIpc) is 3.22. The molecule has 2 N–H and O–H groups in total. The van der Waals surface area contributed by atoms with Crippen molar-refractivity contribution < 1.29 is 4.79 Å². The Morgan fingerprint density at radius 2 is 2.07 bits per heavy atom. The quantitative estimate of drug-likeness (QED) is 0.486. The summed E-state index contributed by atoms with van der Waals surface area (Å²) in [6, 6.07) is 6.41. The summed E-state index contributed by atoms with van der Waals surface area (Å²) in [7, 11) is 0. The van der Waals surface area contributed by atoms with Crippen molar-refractivity contribution in [2.75, 3.05) is 5.75 Å². The van der Waals surface area contributed by atoms with E-state index in [-0.39, 0.29) is 18.3 Å². The molecule has 142 valence electrons. The predicted octanol–water partition coefficient (Wildman–Crippen LogP) is 3.74. The number of halogens is 1. The molecular weight excluding hydrogens is 400 g/mol. The number of hydrogen-bond donors (Lipinski definition) is 2. The van der Waals surface area contributed by atoms with Gasteiger partial charge < -0.3 is 10.6 Å². The summed E-state index contributed by atoms with van der Waals surface area (Å²) in [5.41, 5.74) is 5.03. The Balaban J connectivity index is 0.00000210. The SMILES string of the molecule is Cc1sc2ncnc(SCC(=O)NCc3ccc4c(c3)CNC4)c2c1C.Cl. The van der Waals surface area contributed by atoms with Crippen LogP contribution in [0.15, 0.2) is 29.6 Å². The molecule has 5 nitrogen and oxygen atoms in total. The number of nitrogens with zero attached hydrogens (tertiary/aromatic N) is 2. The van der Waals surface area contributed by atoms with E-state index in [0.29, 0.717) is 12.3 Å². The van der Waals surface area contributed by atoms with Crippen LogP contribution in [-0.2, 0) is 24.4 Å². The highest BCUT2D eigenvalue weighted by Crippen LogP contribution is 2.34. The number of carbonyl (C=O) groups excluding carboxylic acids is 1. The molecule has 0 bridgehead atoms. The van der Waals surface area contributed by atoms with E-state index in [2.05, 4.69) is 52.6 Å². The van der Waals surface area contributed by atoms with Gasteiger partial charge in [0.15, 0.2) is 0 Å². The van der Waals surface area contributed by atoms with Crippen LogP contribution in [0.5, 0.6) is 0 Å². The van der Waals surface area contributed by atoms with Crippen molar-refractivity contribution in [1.29, 1.82) is 0 Å². The van der Waals surface area contributed by atoms with Gasteiger partial charge in [0.2, 0.25) is 5.91 Å². The Bertz CT molecular complexity index is 989. The van der Waals surface area contributed by atoms with E-state index in [1.54, 1.807) is 17.7 Å². The molecule has 1 amide bonds. The molecule has 8 heteroatoms. The van der Waals surface area contributed by atoms with Crippen LogP contribution in [0.1, 0.15) is 27.1 Å². The Hall–Kier alpha value is -1.67. The zero-order chi connectivity index (χ0) is 18.1. The minimum atomic E-state index is 0. The summed E-state index contributed by atoms with van der Waals surface area (Å²) in [5.74, 6) is 0.373. The monoisotopic (exact) mass is 420 g/mol. The number of aryl methyl sites for hydroxylation is 2. The van der Waals surface area contributed by atoms with Crippen molar-refractivity contribution in [3.05, 3.63) is 51.7 Å². The molecule has 4 rings (SSSR count). The highest BCUT2D eigenvalue weighted by atomic mass is 35.5. The second-order valence-electron chi connectivity index (χ2n) is 6.41. The molecular formula is C19H21ClN4OS2. The third-order valence-corrected chi connectivity index (χ3v) is 6.77. The number of nitrogens with one attached hydrogen (secondary N) is 2. The number of thioether (sulfide) groups is 1. The Morgan fingerprint density at radius 1 is 1.26 bits per heavy atom. The van der Waals surface area contributed by atoms with Gasteiger partial charge in [0.25, 0.3) is 0 Å². The number of fused-ring (bicyclic) bond motifs is 2. The molecule has 0 spiro atoms. The standard InChI is InChI=1S/C19H20N4OS2.ClH/c1-11-12(2)26-19-17(11)18(22-10-23-19)25-9-16(24)21-6-13-3-4-14-7-20-8-15(14)5-13;/h3-5,10,20H,6-9H2,1-2H3,(H,21,24);1H. The van der Waals surface area contributed by atoms with Crippen molar-refractivity contribution in [2.45, 2.75) is 38.5 Å². The summed E-state index contributed by atoms with van der Waals surface area (Å²) in [4.78, 5) is 23.2. The van der Waals surface area contributed by atoms with Gasteiger partial charge in [0.1, 0.15) is 16.2 Å². The molecule has 0 saturated heterocycles. The van der Waals surface area contributed by atoms with Crippen molar-refractivity contribution in [3.8, 4) is 0 Å². The Kier molecular flexibility index (Phi) is 6.37. The summed E-state index contributed by atoms with van der Waals surface area (Å²) in [5, 5.41) is 8.31. The minimum absolute atomic E-state index is 0. The number of thiophene rings is 1. The second kappa shape index (κ2) is 8.56. The zero-order valence-corrected chi connectivity index (χ0v) is 17.6. The molecule has 0 aliphatic carbocycles. The highest BCUT2D eigenvalue weighted by molar-refractivity contribution is 8.00. The van der Waals surface area contributed by atoms with Gasteiger partial charge in [-0.25, -0.2) is 9.97 Å². The molecule has 1 aliphatic heterocycles. The molecule has 0 unspecified atom stereocenters. The lowest BCUT2D eigenvalue weighted by atomic mass is 10.1. The Morgan fingerprint density at radius 3 is 2.93 bits per heavy atom. The molecule has 0 atom stereocenters. The van der Waals surface area contributed by atoms with E-state index in [1.807, 2.05) is 0 Å². The normalized spacial score (nSPS) is 12.7. The van der Waals surface area contributed by atoms with Crippen LogP contribution in [0.4, 0.5) is 0 Å². The first-order valence-corrected chi connectivity index (χ1v) is 10.3. The van der Waals surface area contributed by atoms with E-state index in [9.17, 15) is 4.79 Å². The first kappa shape index (κ1) is 20.1. The fraction of sp³-hybridized carbons (Fsp3) is 0.316. The number of aromatic nitrogens is 2. The van der Waals surface area contributed by atoms with E-state index < -0.39 is 0 Å². The van der Waals surface area contributed by atoms with Gasteiger partial charge in [-0.15, -0.1) is 23.7 Å². The first-order chi connectivity index (χ1) is 12.6. The third kappa shape index (κ3) is 4.27. The average molecular weight is 421 g/mol. The summed E-state index contributed by atoms with van der Waals surface area (Å²) < 4.78 is 0. The van der Waals surface area contributed by atoms with Gasteiger partial charge in [0.05, 0.1) is 5.75 Å². The topological polar surface area (TPSA) is 66.9 Å². The largest absolute Gasteiger partial charge is 0.351 e. The summed E-state index contributed by atoms with van der Waals surface area (Å²) in [6.45, 7) is 6.59. The van der Waals surface area contributed by atoms with E-state index in [1.165, 1.54) is 33.3 Å². The number of benzene rings is 1. The van der Waals surface area contributed by atoms with Crippen molar-refractivity contribution in [3.63, 3.8) is 0 Å². The first-order valence-electron chi connectivity index (χ1n) is 8.53. The summed E-state index contributed by atoms with van der Waals surface area (Å²) >= 11 is 3.15. The van der Waals surface area contributed by atoms with E-state index in [0.717, 1.165) is 33.9 Å². The summed E-state index contributed by atoms with van der Waals surface area (Å²) in [6.07, 6.45) is 1.58. The van der Waals surface area contributed by atoms with Gasteiger partial charge in [-0.2, -0.15) is 0 Å². The van der Waals surface area contributed by atoms with Gasteiger partial charge in [-0.1, -0.05) is 30.0 Å². The van der Waals surface area contributed by atoms with Crippen LogP contribution in [0.3, 0.4) is 0 Å². The maximum atomic E-state index is 12.3. The minimum Gasteiger partial charge on any atom is -0.351 e. The maximum absolute atomic E-state index is 12.3. The van der Waals surface area contributed by atoms with Gasteiger partial charge >= 0.3 is 0 Å². The third-order valence-electron chi connectivity index (χ3n) is 4.66. The van der Waals surface area contributed by atoms with Crippen LogP contribution < -0.4 is 10.6 Å². The lowest BCUT2D eigenvalue weighted by Crippen LogP contribution is -2.24. The van der Waals surface area contributed by atoms with Crippen LogP contribution in [0.25, 0.3) is 10.2 Å². The molecule has 3 aromatic rings. The van der Waals surface area contributed by atoms with Crippen molar-refractivity contribution >= 4 is 51.6 Å². The van der Waals surface area contributed by atoms with Crippen LogP contribution >= 0.6 is 35.5 Å². The zero-order valence-electron chi connectivity index (χ0n) is 15.2. The maximum Gasteiger partial charge on any atom is 0.230 e. The van der Waals surface area contributed by atoms with Gasteiger partial charge in [-0.3, -0.25) is 4.79 Å². The molecule has 3 heterocycles.